The summed E-state index contributed by atoms with van der Waals surface area (Å²) < 4.78 is 0. The fourth-order valence-corrected chi connectivity index (χ4v) is 1.63. The maximum atomic E-state index is 6.27. The Morgan fingerprint density at radius 1 is 1.31 bits per heavy atom. The molecular weight excluding hydrogens is 158 g/mol. The maximum absolute atomic E-state index is 6.27. The molecule has 0 aliphatic carbocycles. The zero-order valence-corrected chi connectivity index (χ0v) is 8.29. The Bertz CT molecular complexity index is 243. The molecule has 0 bridgehead atoms. The fourth-order valence-electron chi connectivity index (χ4n) is 1.63. The highest BCUT2D eigenvalue weighted by Crippen LogP contribution is 2.26. The second-order valence-electron chi connectivity index (χ2n) is 3.52. The van der Waals surface area contributed by atoms with Gasteiger partial charge >= 0.3 is 0 Å². The van der Waals surface area contributed by atoms with Gasteiger partial charge in [0.2, 0.25) is 0 Å². The summed E-state index contributed by atoms with van der Waals surface area (Å²) in [6.07, 6.45) is 2.85. The predicted octanol–water partition coefficient (Wildman–Crippen LogP) is 2.86. The highest BCUT2D eigenvalue weighted by Gasteiger charge is 2.23. The second kappa shape index (κ2) is 4.43. The van der Waals surface area contributed by atoms with Gasteiger partial charge in [-0.2, -0.15) is 0 Å². The Morgan fingerprint density at radius 3 is 2.38 bits per heavy atom. The molecule has 1 aromatic rings. The Morgan fingerprint density at radius 2 is 1.92 bits per heavy atom. The summed E-state index contributed by atoms with van der Waals surface area (Å²) >= 11 is 0. The smallest absolute Gasteiger partial charge is 0.0409 e. The van der Waals surface area contributed by atoms with Crippen LogP contribution < -0.4 is 5.73 Å². The SMILES string of the molecule is [CH2]CC(N)(CCC)c1ccccc1. The molecule has 1 radical (unpaired) electrons. The number of nitrogens with two attached hydrogens (primary N) is 1. The monoisotopic (exact) mass is 176 g/mol. The number of benzene rings is 1. The first-order valence-corrected chi connectivity index (χ1v) is 4.86. The minimum Gasteiger partial charge on any atom is -0.321 e. The molecule has 1 heteroatoms. The second-order valence-corrected chi connectivity index (χ2v) is 3.52. The normalized spacial score (nSPS) is 15.3. The molecule has 0 heterocycles. The van der Waals surface area contributed by atoms with E-state index in [1.165, 1.54) is 5.56 Å². The van der Waals surface area contributed by atoms with Gasteiger partial charge in [-0.15, -0.1) is 0 Å². The molecule has 0 spiro atoms. The molecule has 0 amide bonds. The molecule has 2 N–H and O–H groups in total. The third kappa shape index (κ3) is 2.31. The van der Waals surface area contributed by atoms with Gasteiger partial charge < -0.3 is 5.73 Å². The van der Waals surface area contributed by atoms with Crippen LogP contribution >= 0.6 is 0 Å². The Balaban J connectivity index is 2.89. The summed E-state index contributed by atoms with van der Waals surface area (Å²) in [4.78, 5) is 0. The molecule has 0 aromatic heterocycles. The van der Waals surface area contributed by atoms with E-state index < -0.39 is 0 Å². The van der Waals surface area contributed by atoms with Gasteiger partial charge in [0.25, 0.3) is 0 Å². The van der Waals surface area contributed by atoms with Crippen LogP contribution in [0.2, 0.25) is 0 Å². The maximum Gasteiger partial charge on any atom is 0.0409 e. The van der Waals surface area contributed by atoms with Crippen LogP contribution in [0.25, 0.3) is 0 Å². The molecule has 0 aliphatic rings. The van der Waals surface area contributed by atoms with Crippen molar-refractivity contribution in [3.8, 4) is 0 Å². The van der Waals surface area contributed by atoms with Crippen LogP contribution in [0.5, 0.6) is 0 Å². The van der Waals surface area contributed by atoms with Crippen LogP contribution in [0.4, 0.5) is 0 Å². The first-order valence-electron chi connectivity index (χ1n) is 4.86. The summed E-state index contributed by atoms with van der Waals surface area (Å²) in [5.74, 6) is 0. The summed E-state index contributed by atoms with van der Waals surface area (Å²) in [5.41, 5.74) is 7.24. The van der Waals surface area contributed by atoms with Crippen LogP contribution in [-0.2, 0) is 5.54 Å². The van der Waals surface area contributed by atoms with E-state index in [0.717, 1.165) is 19.3 Å². The number of rotatable bonds is 4. The minimum absolute atomic E-state index is 0.226. The van der Waals surface area contributed by atoms with Crippen molar-refractivity contribution in [2.24, 2.45) is 5.73 Å². The highest BCUT2D eigenvalue weighted by atomic mass is 14.7. The number of hydrogen-bond acceptors (Lipinski definition) is 1. The molecule has 71 valence electrons. The van der Waals surface area contributed by atoms with Crippen molar-refractivity contribution >= 4 is 0 Å². The first-order chi connectivity index (χ1) is 6.23. The molecular formula is C12H18N. The van der Waals surface area contributed by atoms with Gasteiger partial charge in [-0.1, -0.05) is 50.6 Å². The predicted molar refractivity (Wildman–Crippen MR) is 57.2 cm³/mol. The van der Waals surface area contributed by atoms with E-state index in [1.807, 2.05) is 18.2 Å². The molecule has 1 nitrogen and oxygen atoms in total. The van der Waals surface area contributed by atoms with E-state index in [-0.39, 0.29) is 5.54 Å². The average Bonchev–Trinajstić information content (AvgIpc) is 2.19. The van der Waals surface area contributed by atoms with E-state index in [1.54, 1.807) is 0 Å². The van der Waals surface area contributed by atoms with E-state index in [9.17, 15) is 0 Å². The van der Waals surface area contributed by atoms with Gasteiger partial charge in [0, 0.05) is 5.54 Å². The van der Waals surface area contributed by atoms with Crippen LogP contribution in [0, 0.1) is 6.92 Å². The van der Waals surface area contributed by atoms with Crippen LogP contribution in [0.1, 0.15) is 31.7 Å². The summed E-state index contributed by atoms with van der Waals surface area (Å²) in [5, 5.41) is 0. The summed E-state index contributed by atoms with van der Waals surface area (Å²) in [6.45, 7) is 6.08. The molecule has 0 saturated carbocycles. The standard InChI is InChI=1S/C12H18N/c1-3-10-12(13,4-2)11-8-6-5-7-9-11/h5-9H,2-4,10,13H2,1H3. The third-order valence-corrected chi connectivity index (χ3v) is 2.49. The van der Waals surface area contributed by atoms with Crippen molar-refractivity contribution < 1.29 is 0 Å². The minimum atomic E-state index is -0.226. The third-order valence-electron chi connectivity index (χ3n) is 2.49. The quantitative estimate of drug-likeness (QED) is 0.750. The topological polar surface area (TPSA) is 26.0 Å². The molecule has 1 unspecified atom stereocenters. The van der Waals surface area contributed by atoms with Gasteiger partial charge in [0.15, 0.2) is 0 Å². The average molecular weight is 176 g/mol. The van der Waals surface area contributed by atoms with Crippen molar-refractivity contribution in [3.05, 3.63) is 42.8 Å². The molecule has 0 fully saturated rings. The molecule has 13 heavy (non-hydrogen) atoms. The zero-order valence-electron chi connectivity index (χ0n) is 8.29. The largest absolute Gasteiger partial charge is 0.321 e. The Labute approximate surface area is 81.0 Å². The molecule has 1 atom stereocenters. The van der Waals surface area contributed by atoms with Gasteiger partial charge in [0.1, 0.15) is 0 Å². The van der Waals surface area contributed by atoms with Gasteiger partial charge in [-0.25, -0.2) is 0 Å². The van der Waals surface area contributed by atoms with Gasteiger partial charge in [0.05, 0.1) is 0 Å². The van der Waals surface area contributed by atoms with Gasteiger partial charge in [-0.05, 0) is 18.4 Å². The lowest BCUT2D eigenvalue weighted by Gasteiger charge is -2.28. The van der Waals surface area contributed by atoms with Crippen molar-refractivity contribution in [2.45, 2.75) is 31.7 Å². The lowest BCUT2D eigenvalue weighted by Crippen LogP contribution is -2.35. The molecule has 1 aromatic carbocycles. The Hall–Kier alpha value is -0.820. The fraction of sp³-hybridized carbons (Fsp3) is 0.417. The lowest BCUT2D eigenvalue weighted by atomic mass is 9.84. The van der Waals surface area contributed by atoms with Crippen LogP contribution in [0.15, 0.2) is 30.3 Å². The van der Waals surface area contributed by atoms with E-state index in [4.69, 9.17) is 5.73 Å². The molecule has 0 saturated heterocycles. The first kappa shape index (κ1) is 10.3. The van der Waals surface area contributed by atoms with Crippen molar-refractivity contribution in [1.29, 1.82) is 0 Å². The van der Waals surface area contributed by atoms with E-state index >= 15 is 0 Å². The van der Waals surface area contributed by atoms with Crippen LogP contribution in [-0.4, -0.2) is 0 Å². The lowest BCUT2D eigenvalue weighted by molar-refractivity contribution is 0.407. The zero-order chi connectivity index (χ0) is 9.73. The summed E-state index contributed by atoms with van der Waals surface area (Å²) in [7, 11) is 0. The highest BCUT2D eigenvalue weighted by molar-refractivity contribution is 5.23. The van der Waals surface area contributed by atoms with E-state index in [0.29, 0.717) is 0 Å². The molecule has 0 aliphatic heterocycles. The van der Waals surface area contributed by atoms with E-state index in [2.05, 4.69) is 26.0 Å². The van der Waals surface area contributed by atoms with Crippen molar-refractivity contribution in [1.82, 2.24) is 0 Å². The van der Waals surface area contributed by atoms with Crippen molar-refractivity contribution in [2.75, 3.05) is 0 Å². The number of hydrogen-bond donors (Lipinski definition) is 1. The molecule has 1 rings (SSSR count). The van der Waals surface area contributed by atoms with Crippen LogP contribution in [0.3, 0.4) is 0 Å². The summed E-state index contributed by atoms with van der Waals surface area (Å²) in [6, 6.07) is 10.2. The van der Waals surface area contributed by atoms with Gasteiger partial charge in [-0.3, -0.25) is 0 Å². The Kier molecular flexibility index (Phi) is 3.49. The van der Waals surface area contributed by atoms with Crippen molar-refractivity contribution in [3.63, 3.8) is 0 Å².